The number of morpholine rings is 1. The topological polar surface area (TPSA) is 76.1 Å². The largest absolute Gasteiger partial charge is 0.491 e. The number of hydrogen-bond acceptors (Lipinski definition) is 4. The summed E-state index contributed by atoms with van der Waals surface area (Å²) in [4.78, 5) is 24.3. The van der Waals surface area contributed by atoms with Crippen molar-refractivity contribution in [1.29, 1.82) is 0 Å². The van der Waals surface area contributed by atoms with Crippen LogP contribution in [0.2, 0.25) is 0 Å². The Kier molecular flexibility index (Phi) is 6.48. The fourth-order valence-electron chi connectivity index (χ4n) is 2.42. The Balaban J connectivity index is 1.71. The molecule has 1 N–H and O–H groups in total. The summed E-state index contributed by atoms with van der Waals surface area (Å²) in [5, 5.41) is 8.76. The Hall–Kier alpha value is -2.22. The van der Waals surface area contributed by atoms with Gasteiger partial charge in [0, 0.05) is 25.6 Å². The Morgan fingerprint density at radius 3 is 2.88 bits per heavy atom. The van der Waals surface area contributed by atoms with Gasteiger partial charge in [0.05, 0.1) is 25.7 Å². The van der Waals surface area contributed by atoms with Crippen LogP contribution < -0.4 is 4.74 Å². The maximum absolute atomic E-state index is 13.4. The molecule has 1 aliphatic rings. The first-order valence-electron chi connectivity index (χ1n) is 7.64. The molecule has 1 aliphatic heterocycles. The predicted octanol–water partition coefficient (Wildman–Crippen LogP) is 1.83. The molecule has 1 saturated heterocycles. The van der Waals surface area contributed by atoms with Crippen LogP contribution in [0, 0.1) is 11.6 Å². The molecule has 0 unspecified atom stereocenters. The van der Waals surface area contributed by atoms with E-state index < -0.39 is 23.7 Å². The zero-order valence-corrected chi connectivity index (χ0v) is 13.0. The quantitative estimate of drug-likeness (QED) is 0.765. The zero-order chi connectivity index (χ0) is 17.5. The van der Waals surface area contributed by atoms with Crippen LogP contribution in [0.3, 0.4) is 0 Å². The Labute approximate surface area is 138 Å². The SMILES string of the molecule is O=C(O)C[C@@H]1CN(C(=O)CCCOc2ccc(F)cc2F)CCO1. The molecule has 1 aromatic rings. The fourth-order valence-corrected chi connectivity index (χ4v) is 2.42. The molecule has 1 heterocycles. The van der Waals surface area contributed by atoms with E-state index in [0.717, 1.165) is 12.1 Å². The predicted molar refractivity (Wildman–Crippen MR) is 79.7 cm³/mol. The van der Waals surface area contributed by atoms with E-state index in [9.17, 15) is 18.4 Å². The highest BCUT2D eigenvalue weighted by atomic mass is 19.1. The number of ether oxygens (including phenoxy) is 2. The molecule has 1 amide bonds. The number of hydrogen-bond donors (Lipinski definition) is 1. The number of carboxylic acid groups (broad SMARTS) is 1. The molecule has 0 radical (unpaired) electrons. The van der Waals surface area contributed by atoms with Gasteiger partial charge in [0.25, 0.3) is 0 Å². The highest BCUT2D eigenvalue weighted by molar-refractivity contribution is 5.76. The smallest absolute Gasteiger partial charge is 0.306 e. The Morgan fingerprint density at radius 2 is 2.17 bits per heavy atom. The summed E-state index contributed by atoms with van der Waals surface area (Å²) < 4.78 is 36.6. The molecule has 2 rings (SSSR count). The van der Waals surface area contributed by atoms with Crippen molar-refractivity contribution in [1.82, 2.24) is 4.90 Å². The second-order valence-electron chi connectivity index (χ2n) is 5.46. The molecule has 8 heteroatoms. The van der Waals surface area contributed by atoms with Crippen LogP contribution in [0.4, 0.5) is 8.78 Å². The average Bonchev–Trinajstić information content (AvgIpc) is 2.52. The summed E-state index contributed by atoms with van der Waals surface area (Å²) in [7, 11) is 0. The van der Waals surface area contributed by atoms with Crippen LogP contribution in [0.15, 0.2) is 18.2 Å². The molecule has 0 saturated carbocycles. The van der Waals surface area contributed by atoms with Gasteiger partial charge in [0.1, 0.15) is 5.82 Å². The maximum atomic E-state index is 13.4. The molecular weight excluding hydrogens is 324 g/mol. The number of amides is 1. The lowest BCUT2D eigenvalue weighted by Gasteiger charge is -2.32. The van der Waals surface area contributed by atoms with Gasteiger partial charge in [-0.2, -0.15) is 0 Å². The van der Waals surface area contributed by atoms with Crippen molar-refractivity contribution in [2.24, 2.45) is 0 Å². The van der Waals surface area contributed by atoms with Gasteiger partial charge >= 0.3 is 5.97 Å². The summed E-state index contributed by atoms with van der Waals surface area (Å²) in [6.07, 6.45) is -0.0691. The number of carbonyl (C=O) groups is 2. The first-order chi connectivity index (χ1) is 11.5. The second-order valence-corrected chi connectivity index (χ2v) is 5.46. The zero-order valence-electron chi connectivity index (χ0n) is 13.0. The normalized spacial score (nSPS) is 17.6. The number of carbonyl (C=O) groups excluding carboxylic acids is 1. The molecule has 6 nitrogen and oxygen atoms in total. The van der Waals surface area contributed by atoms with E-state index in [2.05, 4.69) is 0 Å². The van der Waals surface area contributed by atoms with Gasteiger partial charge in [0.2, 0.25) is 5.91 Å². The van der Waals surface area contributed by atoms with E-state index in [4.69, 9.17) is 14.6 Å². The Morgan fingerprint density at radius 1 is 1.38 bits per heavy atom. The summed E-state index contributed by atoms with van der Waals surface area (Å²) in [5.41, 5.74) is 0. The van der Waals surface area contributed by atoms with Gasteiger partial charge in [-0.15, -0.1) is 0 Å². The van der Waals surface area contributed by atoms with E-state index in [1.54, 1.807) is 4.90 Å². The third-order valence-corrected chi connectivity index (χ3v) is 3.58. The molecule has 0 aromatic heterocycles. The monoisotopic (exact) mass is 343 g/mol. The number of benzene rings is 1. The van der Waals surface area contributed by atoms with Gasteiger partial charge in [-0.25, -0.2) is 8.78 Å². The van der Waals surface area contributed by atoms with Crippen LogP contribution in [0.25, 0.3) is 0 Å². The highest BCUT2D eigenvalue weighted by Gasteiger charge is 2.25. The van der Waals surface area contributed by atoms with E-state index >= 15 is 0 Å². The average molecular weight is 343 g/mol. The molecule has 24 heavy (non-hydrogen) atoms. The lowest BCUT2D eigenvalue weighted by atomic mass is 10.2. The molecule has 0 spiro atoms. The number of carboxylic acids is 1. The van der Waals surface area contributed by atoms with Crippen LogP contribution >= 0.6 is 0 Å². The fraction of sp³-hybridized carbons (Fsp3) is 0.500. The lowest BCUT2D eigenvalue weighted by Crippen LogP contribution is -2.46. The Bertz CT molecular complexity index is 596. The molecule has 1 fully saturated rings. The van der Waals surface area contributed by atoms with E-state index in [0.29, 0.717) is 19.6 Å². The van der Waals surface area contributed by atoms with Crippen molar-refractivity contribution in [2.75, 3.05) is 26.3 Å². The lowest BCUT2D eigenvalue weighted by molar-refractivity contribution is -0.147. The molecule has 0 aliphatic carbocycles. The molecule has 0 bridgehead atoms. The second kappa shape index (κ2) is 8.58. The van der Waals surface area contributed by atoms with Crippen LogP contribution in [-0.4, -0.2) is 54.3 Å². The number of rotatable bonds is 7. The summed E-state index contributed by atoms with van der Waals surface area (Å²) in [6, 6.07) is 3.03. The number of nitrogens with zero attached hydrogens (tertiary/aromatic N) is 1. The van der Waals surface area contributed by atoms with Crippen molar-refractivity contribution >= 4 is 11.9 Å². The van der Waals surface area contributed by atoms with Gasteiger partial charge in [0.15, 0.2) is 11.6 Å². The third kappa shape index (κ3) is 5.45. The first kappa shape index (κ1) is 18.1. The van der Waals surface area contributed by atoms with Gasteiger partial charge in [-0.1, -0.05) is 0 Å². The number of aliphatic carboxylic acids is 1. The highest BCUT2D eigenvalue weighted by Crippen LogP contribution is 2.18. The van der Waals surface area contributed by atoms with Crippen LogP contribution in [0.1, 0.15) is 19.3 Å². The summed E-state index contributed by atoms with van der Waals surface area (Å²) in [5.74, 6) is -2.62. The number of halogens is 2. The van der Waals surface area contributed by atoms with Gasteiger partial charge in [-0.05, 0) is 18.6 Å². The molecular formula is C16H19F2NO5. The maximum Gasteiger partial charge on any atom is 0.306 e. The van der Waals surface area contributed by atoms with E-state index in [1.165, 1.54) is 6.07 Å². The van der Waals surface area contributed by atoms with Crippen molar-refractivity contribution in [3.8, 4) is 5.75 Å². The molecule has 1 aromatic carbocycles. The van der Waals surface area contributed by atoms with E-state index in [1.807, 2.05) is 0 Å². The summed E-state index contributed by atoms with van der Waals surface area (Å²) in [6.45, 7) is 1.10. The minimum absolute atomic E-state index is 0.0586. The van der Waals surface area contributed by atoms with Crippen molar-refractivity contribution < 1.29 is 33.0 Å². The standard InChI is InChI=1S/C16H19F2NO5/c17-11-3-4-14(13(18)8-11)24-6-1-2-15(20)19-5-7-23-12(10-19)9-16(21)22/h3-4,8,12H,1-2,5-7,9-10H2,(H,21,22)/t12-/m1/s1. The minimum Gasteiger partial charge on any atom is -0.491 e. The van der Waals surface area contributed by atoms with Gasteiger partial charge in [-0.3, -0.25) is 9.59 Å². The summed E-state index contributed by atoms with van der Waals surface area (Å²) >= 11 is 0. The third-order valence-electron chi connectivity index (χ3n) is 3.58. The van der Waals surface area contributed by atoms with Crippen LogP contribution in [-0.2, 0) is 14.3 Å². The first-order valence-corrected chi connectivity index (χ1v) is 7.64. The minimum atomic E-state index is -0.968. The van der Waals surface area contributed by atoms with E-state index in [-0.39, 0.29) is 37.6 Å². The van der Waals surface area contributed by atoms with Crippen LogP contribution in [0.5, 0.6) is 5.75 Å². The van der Waals surface area contributed by atoms with Crippen molar-refractivity contribution in [3.05, 3.63) is 29.8 Å². The molecule has 132 valence electrons. The molecule has 1 atom stereocenters. The van der Waals surface area contributed by atoms with Crippen molar-refractivity contribution in [2.45, 2.75) is 25.4 Å². The van der Waals surface area contributed by atoms with Gasteiger partial charge < -0.3 is 19.5 Å². The van der Waals surface area contributed by atoms with Crippen molar-refractivity contribution in [3.63, 3.8) is 0 Å².